The lowest BCUT2D eigenvalue weighted by Gasteiger charge is -2.49. The van der Waals surface area contributed by atoms with Crippen molar-refractivity contribution in [2.75, 3.05) is 26.2 Å². The molecule has 0 unspecified atom stereocenters. The molecule has 0 N–H and O–H groups in total. The summed E-state index contributed by atoms with van der Waals surface area (Å²) in [5.74, 6) is 0.404. The van der Waals surface area contributed by atoms with Gasteiger partial charge in [-0.1, -0.05) is 24.4 Å². The summed E-state index contributed by atoms with van der Waals surface area (Å²) in [7, 11) is 0. The van der Waals surface area contributed by atoms with E-state index in [2.05, 4.69) is 14.9 Å². The highest BCUT2D eigenvalue weighted by molar-refractivity contribution is 6.30. The van der Waals surface area contributed by atoms with E-state index in [9.17, 15) is 4.79 Å². The van der Waals surface area contributed by atoms with Crippen molar-refractivity contribution >= 4 is 17.5 Å². The lowest BCUT2D eigenvalue weighted by Crippen LogP contribution is -2.56. The minimum Gasteiger partial charge on any atom is -0.339 e. The SMILES string of the molecule is O=C1CC[C@]2(CCCN(CCn3cc(Cl)cn3)C2)CN1C1CCCC1. The Bertz CT molecular complexity index is 612. The number of carbonyl (C=O) groups is 1. The van der Waals surface area contributed by atoms with Gasteiger partial charge >= 0.3 is 0 Å². The molecular formula is C19H29ClN4O. The van der Waals surface area contributed by atoms with Crippen molar-refractivity contribution in [1.82, 2.24) is 19.6 Å². The van der Waals surface area contributed by atoms with Crippen molar-refractivity contribution in [2.45, 2.75) is 64.0 Å². The summed E-state index contributed by atoms with van der Waals surface area (Å²) in [6.07, 6.45) is 12.9. The first kappa shape index (κ1) is 17.3. The number of halogens is 1. The van der Waals surface area contributed by atoms with Gasteiger partial charge in [0.05, 0.1) is 17.8 Å². The molecule has 0 radical (unpaired) electrons. The molecule has 1 amide bonds. The molecule has 1 saturated carbocycles. The van der Waals surface area contributed by atoms with Crippen molar-refractivity contribution in [3.63, 3.8) is 0 Å². The first-order chi connectivity index (χ1) is 12.1. The second-order valence-corrected chi connectivity index (χ2v) is 8.70. The largest absolute Gasteiger partial charge is 0.339 e. The van der Waals surface area contributed by atoms with Gasteiger partial charge in [0.2, 0.25) is 5.91 Å². The fourth-order valence-corrected chi connectivity index (χ4v) is 5.29. The van der Waals surface area contributed by atoms with Gasteiger partial charge in [-0.3, -0.25) is 9.48 Å². The summed E-state index contributed by atoms with van der Waals surface area (Å²) in [5.41, 5.74) is 0.316. The molecule has 3 fully saturated rings. The van der Waals surface area contributed by atoms with Crippen LogP contribution in [0.15, 0.2) is 12.4 Å². The van der Waals surface area contributed by atoms with Crippen LogP contribution in [0.5, 0.6) is 0 Å². The van der Waals surface area contributed by atoms with Crippen molar-refractivity contribution < 1.29 is 4.79 Å². The van der Waals surface area contributed by atoms with Crippen molar-refractivity contribution in [3.05, 3.63) is 17.4 Å². The van der Waals surface area contributed by atoms with E-state index in [4.69, 9.17) is 11.6 Å². The first-order valence-electron chi connectivity index (χ1n) is 9.83. The number of carbonyl (C=O) groups excluding carboxylic acids is 1. The quantitative estimate of drug-likeness (QED) is 0.823. The Balaban J connectivity index is 1.38. The van der Waals surface area contributed by atoms with Crippen LogP contribution >= 0.6 is 11.6 Å². The molecule has 3 heterocycles. The molecule has 4 rings (SSSR count). The van der Waals surface area contributed by atoms with Gasteiger partial charge in [0.15, 0.2) is 0 Å². The second kappa shape index (κ2) is 7.28. The molecule has 6 heteroatoms. The molecule has 3 aliphatic rings. The lowest BCUT2D eigenvalue weighted by molar-refractivity contribution is -0.142. The molecular weight excluding hydrogens is 336 g/mol. The van der Waals surface area contributed by atoms with E-state index in [1.165, 1.54) is 38.5 Å². The maximum Gasteiger partial charge on any atom is 0.222 e. The number of hydrogen-bond donors (Lipinski definition) is 0. The minimum atomic E-state index is 0.316. The van der Waals surface area contributed by atoms with Gasteiger partial charge in [-0.15, -0.1) is 0 Å². The molecule has 0 aromatic carbocycles. The molecule has 1 aromatic rings. The Hall–Kier alpha value is -1.07. The Morgan fingerprint density at radius 1 is 1.16 bits per heavy atom. The first-order valence-corrected chi connectivity index (χ1v) is 10.2. The third-order valence-electron chi connectivity index (χ3n) is 6.45. The summed E-state index contributed by atoms with van der Waals surface area (Å²) in [4.78, 5) is 17.3. The summed E-state index contributed by atoms with van der Waals surface area (Å²) >= 11 is 5.96. The number of rotatable bonds is 4. The van der Waals surface area contributed by atoms with Gasteiger partial charge in [0.25, 0.3) is 0 Å². The summed E-state index contributed by atoms with van der Waals surface area (Å²) in [6, 6.07) is 0.520. The van der Waals surface area contributed by atoms with Gasteiger partial charge < -0.3 is 9.80 Å². The zero-order valence-corrected chi connectivity index (χ0v) is 15.8. The van der Waals surface area contributed by atoms with E-state index in [-0.39, 0.29) is 0 Å². The van der Waals surface area contributed by atoms with Crippen LogP contribution in [0.25, 0.3) is 0 Å². The number of amides is 1. The molecule has 25 heavy (non-hydrogen) atoms. The normalized spacial score (nSPS) is 29.0. The van der Waals surface area contributed by atoms with Crippen LogP contribution in [0.4, 0.5) is 0 Å². The van der Waals surface area contributed by atoms with Crippen LogP contribution in [0.2, 0.25) is 5.02 Å². The minimum absolute atomic E-state index is 0.316. The van der Waals surface area contributed by atoms with Gasteiger partial charge in [0, 0.05) is 43.7 Å². The van der Waals surface area contributed by atoms with E-state index in [0.717, 1.165) is 45.6 Å². The number of likely N-dealkylation sites (tertiary alicyclic amines) is 2. The Morgan fingerprint density at radius 3 is 2.76 bits per heavy atom. The molecule has 1 aliphatic carbocycles. The summed E-state index contributed by atoms with van der Waals surface area (Å²) in [6.45, 7) is 5.17. The summed E-state index contributed by atoms with van der Waals surface area (Å²) in [5, 5.41) is 4.99. The third-order valence-corrected chi connectivity index (χ3v) is 6.64. The second-order valence-electron chi connectivity index (χ2n) is 8.26. The van der Waals surface area contributed by atoms with Gasteiger partial charge in [0.1, 0.15) is 0 Å². The standard InChI is InChI=1S/C19H29ClN4O/c20-16-12-21-23(13-16)11-10-22-9-3-7-19(14-22)8-6-18(25)24(15-19)17-4-1-2-5-17/h12-13,17H,1-11,14-15H2/t19-/m0/s1. The number of aromatic nitrogens is 2. The lowest BCUT2D eigenvalue weighted by atomic mass is 9.73. The highest BCUT2D eigenvalue weighted by Gasteiger charge is 2.43. The van der Waals surface area contributed by atoms with Crippen LogP contribution < -0.4 is 0 Å². The van der Waals surface area contributed by atoms with E-state index < -0.39 is 0 Å². The third kappa shape index (κ3) is 3.87. The van der Waals surface area contributed by atoms with Crippen LogP contribution in [0.1, 0.15) is 51.4 Å². The van der Waals surface area contributed by atoms with E-state index in [1.54, 1.807) is 6.20 Å². The van der Waals surface area contributed by atoms with Crippen molar-refractivity contribution in [3.8, 4) is 0 Å². The maximum atomic E-state index is 12.5. The predicted molar refractivity (Wildman–Crippen MR) is 98.5 cm³/mol. The average molecular weight is 365 g/mol. The van der Waals surface area contributed by atoms with Gasteiger partial charge in [-0.25, -0.2) is 0 Å². The summed E-state index contributed by atoms with van der Waals surface area (Å²) < 4.78 is 1.93. The number of hydrogen-bond acceptors (Lipinski definition) is 3. The fraction of sp³-hybridized carbons (Fsp3) is 0.789. The van der Waals surface area contributed by atoms with Gasteiger partial charge in [-0.2, -0.15) is 5.10 Å². The van der Waals surface area contributed by atoms with Crippen molar-refractivity contribution in [2.24, 2.45) is 5.41 Å². The van der Waals surface area contributed by atoms with E-state index in [1.807, 2.05) is 10.9 Å². The molecule has 1 aromatic heterocycles. The highest BCUT2D eigenvalue weighted by Crippen LogP contribution is 2.41. The smallest absolute Gasteiger partial charge is 0.222 e. The van der Waals surface area contributed by atoms with Crippen LogP contribution in [0, 0.1) is 5.41 Å². The zero-order valence-electron chi connectivity index (χ0n) is 15.0. The van der Waals surface area contributed by atoms with Crippen LogP contribution in [0.3, 0.4) is 0 Å². The predicted octanol–water partition coefficient (Wildman–Crippen LogP) is 3.18. The number of piperidine rings is 2. The Kier molecular flexibility index (Phi) is 5.05. The molecule has 2 aliphatic heterocycles. The molecule has 0 bridgehead atoms. The van der Waals surface area contributed by atoms with Crippen LogP contribution in [-0.4, -0.2) is 57.7 Å². The fourth-order valence-electron chi connectivity index (χ4n) is 5.13. The van der Waals surface area contributed by atoms with Crippen LogP contribution in [-0.2, 0) is 11.3 Å². The molecule has 2 saturated heterocycles. The van der Waals surface area contributed by atoms with E-state index >= 15 is 0 Å². The Labute approximate surface area is 155 Å². The van der Waals surface area contributed by atoms with Gasteiger partial charge in [-0.05, 0) is 38.6 Å². The maximum absolute atomic E-state index is 12.5. The van der Waals surface area contributed by atoms with Crippen molar-refractivity contribution in [1.29, 1.82) is 0 Å². The Morgan fingerprint density at radius 2 is 2.00 bits per heavy atom. The molecule has 1 spiro atoms. The molecule has 138 valence electrons. The average Bonchev–Trinajstić information content (AvgIpc) is 3.28. The topological polar surface area (TPSA) is 41.4 Å². The molecule has 1 atom stereocenters. The number of nitrogens with zero attached hydrogens (tertiary/aromatic N) is 4. The monoisotopic (exact) mass is 364 g/mol. The zero-order chi connectivity index (χ0) is 17.3. The molecule has 5 nitrogen and oxygen atoms in total. The van der Waals surface area contributed by atoms with E-state index in [0.29, 0.717) is 22.4 Å². The highest BCUT2D eigenvalue weighted by atomic mass is 35.5.